The van der Waals surface area contributed by atoms with Gasteiger partial charge in [0, 0.05) is 30.5 Å². The number of benzene rings is 1. The zero-order valence-corrected chi connectivity index (χ0v) is 24.1. The first-order valence-corrected chi connectivity index (χ1v) is 13.8. The second kappa shape index (κ2) is 15.6. The van der Waals surface area contributed by atoms with Crippen LogP contribution in [0.1, 0.15) is 57.6 Å². The number of amides is 3. The Labute approximate surface area is 237 Å². The minimum absolute atomic E-state index is 0.0416. The summed E-state index contributed by atoms with van der Waals surface area (Å²) in [4.78, 5) is 39.2. The third kappa shape index (κ3) is 9.22. The molecule has 3 N–H and O–H groups in total. The van der Waals surface area contributed by atoms with Gasteiger partial charge in [-0.1, -0.05) is 52.1 Å². The summed E-state index contributed by atoms with van der Waals surface area (Å²) in [6, 6.07) is 4.70. The second-order valence-electron chi connectivity index (χ2n) is 9.71. The zero-order chi connectivity index (χ0) is 28.9. The number of carbonyl (C=O) groups excluding carboxylic acids is 3. The van der Waals surface area contributed by atoms with Crippen LogP contribution in [0.3, 0.4) is 0 Å². The molecule has 0 spiro atoms. The maximum absolute atomic E-state index is 13.0. The highest BCUT2D eigenvalue weighted by Crippen LogP contribution is 2.21. The Morgan fingerprint density at radius 2 is 1.85 bits per heavy atom. The van der Waals surface area contributed by atoms with E-state index in [1.54, 1.807) is 24.0 Å². The molecule has 0 saturated carbocycles. The number of thiol groups is 1. The van der Waals surface area contributed by atoms with Crippen molar-refractivity contribution in [2.75, 3.05) is 11.9 Å². The van der Waals surface area contributed by atoms with Gasteiger partial charge in [0.05, 0.1) is 17.4 Å². The van der Waals surface area contributed by atoms with Gasteiger partial charge in [0.1, 0.15) is 6.04 Å². The fourth-order valence-corrected chi connectivity index (χ4v) is 4.36. The van der Waals surface area contributed by atoms with E-state index in [0.29, 0.717) is 42.2 Å². The average molecular weight is 549 g/mol. The molecule has 1 aliphatic heterocycles. The summed E-state index contributed by atoms with van der Waals surface area (Å²) >= 11 is 4.30. The van der Waals surface area contributed by atoms with Crippen molar-refractivity contribution in [2.24, 2.45) is 5.92 Å². The van der Waals surface area contributed by atoms with E-state index >= 15 is 0 Å². The van der Waals surface area contributed by atoms with E-state index < -0.39 is 6.04 Å². The molecule has 0 aromatic heterocycles. The van der Waals surface area contributed by atoms with Crippen molar-refractivity contribution < 1.29 is 14.4 Å². The van der Waals surface area contributed by atoms with Crippen molar-refractivity contribution in [1.29, 1.82) is 0 Å². The van der Waals surface area contributed by atoms with E-state index in [-0.39, 0.29) is 29.7 Å². The predicted molar refractivity (Wildman–Crippen MR) is 162 cm³/mol. The predicted octanol–water partition coefficient (Wildman–Crippen LogP) is 5.11. The maximum Gasteiger partial charge on any atom is 0.251 e. The Morgan fingerprint density at radius 1 is 1.10 bits per heavy atom. The van der Waals surface area contributed by atoms with Gasteiger partial charge in [-0.25, -0.2) is 0 Å². The lowest BCUT2D eigenvalue weighted by molar-refractivity contribution is -0.124. The normalized spacial score (nSPS) is 13.9. The smallest absolute Gasteiger partial charge is 0.251 e. The van der Waals surface area contributed by atoms with Crippen LogP contribution in [0.15, 0.2) is 72.9 Å². The van der Waals surface area contributed by atoms with Gasteiger partial charge in [-0.2, -0.15) is 12.6 Å². The van der Waals surface area contributed by atoms with Crippen molar-refractivity contribution >= 4 is 42.1 Å². The van der Waals surface area contributed by atoms with Crippen LogP contribution in [0.5, 0.6) is 0 Å². The number of hydrogen-bond acceptors (Lipinski definition) is 5. The Kier molecular flexibility index (Phi) is 12.6. The molecular formula is C31H40N4O3S. The molecular weight excluding hydrogens is 508 g/mol. The molecule has 208 valence electrons. The number of nitrogens with one attached hydrogen (secondary N) is 3. The molecule has 1 aromatic rings. The Balaban J connectivity index is 1.88. The van der Waals surface area contributed by atoms with Crippen molar-refractivity contribution in [3.63, 3.8) is 0 Å². The SMILES string of the molecule is C=C=C(N[C@@H](C)C(=O)Nc1ccc(CS)cc1C=C)[C@@H](NC(=O)CCCCCN1C(=O)C=CC1=C=C)C(C)C. The minimum atomic E-state index is -0.605. The topological polar surface area (TPSA) is 90.5 Å². The molecule has 2 rings (SSSR count). The van der Waals surface area contributed by atoms with Gasteiger partial charge in [-0.3, -0.25) is 14.4 Å². The van der Waals surface area contributed by atoms with E-state index in [1.807, 2.05) is 32.0 Å². The van der Waals surface area contributed by atoms with Gasteiger partial charge in [-0.15, -0.1) is 11.5 Å². The van der Waals surface area contributed by atoms with Crippen LogP contribution >= 0.6 is 12.6 Å². The van der Waals surface area contributed by atoms with Crippen LogP contribution in [0, 0.1) is 5.92 Å². The van der Waals surface area contributed by atoms with E-state index in [0.717, 1.165) is 24.0 Å². The molecule has 0 bridgehead atoms. The van der Waals surface area contributed by atoms with Crippen molar-refractivity contribution in [2.45, 2.75) is 64.3 Å². The first kappa shape index (κ1) is 31.5. The highest BCUT2D eigenvalue weighted by atomic mass is 32.1. The van der Waals surface area contributed by atoms with Crippen molar-refractivity contribution in [1.82, 2.24) is 15.5 Å². The lowest BCUT2D eigenvalue weighted by Crippen LogP contribution is -2.47. The van der Waals surface area contributed by atoms with Crippen LogP contribution in [-0.2, 0) is 20.1 Å². The fraction of sp³-hybridized carbons (Fsp3) is 0.387. The summed E-state index contributed by atoms with van der Waals surface area (Å²) in [7, 11) is 0. The third-order valence-electron chi connectivity index (χ3n) is 6.43. The van der Waals surface area contributed by atoms with E-state index in [9.17, 15) is 14.4 Å². The molecule has 0 aliphatic carbocycles. The highest BCUT2D eigenvalue weighted by molar-refractivity contribution is 7.79. The van der Waals surface area contributed by atoms with Gasteiger partial charge in [-0.05, 0) is 55.0 Å². The molecule has 0 fully saturated rings. The molecule has 0 saturated heterocycles. The number of unbranched alkanes of at least 4 members (excludes halogenated alkanes) is 2. The van der Waals surface area contributed by atoms with E-state index in [1.165, 1.54) is 6.08 Å². The number of carbonyl (C=O) groups is 3. The van der Waals surface area contributed by atoms with Crippen molar-refractivity contribution in [3.05, 3.63) is 84.1 Å². The van der Waals surface area contributed by atoms with Gasteiger partial charge in [0.2, 0.25) is 11.8 Å². The second-order valence-corrected chi connectivity index (χ2v) is 10.0. The van der Waals surface area contributed by atoms with E-state index in [4.69, 9.17) is 0 Å². The Morgan fingerprint density at radius 3 is 2.46 bits per heavy atom. The largest absolute Gasteiger partial charge is 0.369 e. The first-order valence-electron chi connectivity index (χ1n) is 13.2. The minimum Gasteiger partial charge on any atom is -0.369 e. The van der Waals surface area contributed by atoms with Crippen LogP contribution < -0.4 is 16.0 Å². The molecule has 0 radical (unpaired) electrons. The summed E-state index contributed by atoms with van der Waals surface area (Å²) in [6.07, 6.45) is 7.53. The summed E-state index contributed by atoms with van der Waals surface area (Å²) in [5.74, 6) is 0.240. The number of rotatable bonds is 15. The molecule has 1 aromatic carbocycles. The van der Waals surface area contributed by atoms with Gasteiger partial charge in [0.25, 0.3) is 5.91 Å². The quantitative estimate of drug-likeness (QED) is 0.139. The molecule has 7 nitrogen and oxygen atoms in total. The summed E-state index contributed by atoms with van der Waals surface area (Å²) in [6.45, 7) is 17.5. The molecule has 3 amide bonds. The van der Waals surface area contributed by atoms with Gasteiger partial charge >= 0.3 is 0 Å². The summed E-state index contributed by atoms with van der Waals surface area (Å²) in [5.41, 5.74) is 9.39. The lowest BCUT2D eigenvalue weighted by Gasteiger charge is -2.27. The molecule has 0 unspecified atom stereocenters. The molecule has 39 heavy (non-hydrogen) atoms. The summed E-state index contributed by atoms with van der Waals surface area (Å²) in [5, 5.41) is 9.17. The summed E-state index contributed by atoms with van der Waals surface area (Å²) < 4.78 is 0. The number of hydrogen-bond donors (Lipinski definition) is 4. The molecule has 1 heterocycles. The maximum atomic E-state index is 13.0. The zero-order valence-electron chi connectivity index (χ0n) is 23.2. The van der Waals surface area contributed by atoms with E-state index in [2.05, 4.69) is 59.8 Å². The molecule has 2 atom stereocenters. The van der Waals surface area contributed by atoms with Crippen LogP contribution in [-0.4, -0.2) is 41.2 Å². The average Bonchev–Trinajstić information content (AvgIpc) is 3.29. The van der Waals surface area contributed by atoms with Gasteiger partial charge in [0.15, 0.2) is 0 Å². The molecule has 8 heteroatoms. The Hall–Kier alpha value is -3.70. The number of allylic oxidation sites excluding steroid dienone is 1. The van der Waals surface area contributed by atoms with Crippen LogP contribution in [0.4, 0.5) is 5.69 Å². The molecule has 1 aliphatic rings. The number of anilines is 1. The van der Waals surface area contributed by atoms with Crippen molar-refractivity contribution in [3.8, 4) is 0 Å². The first-order chi connectivity index (χ1) is 18.6. The fourth-order valence-electron chi connectivity index (χ4n) is 4.17. The standard InChI is InChI=1S/C31H40N4O3S/c1-7-24-19-23(20-39)14-16-27(24)33-31(38)22(6)32-26(9-3)30(21(4)5)34-28(36)13-11-10-12-18-35-25(8-2)15-17-29(35)37/h7,14-17,19,21-22,30,32,39H,1-3,10-13,18,20H2,4-6H3,(H,33,38)(H,34,36)/t22-,30-/m0/s1. The van der Waals surface area contributed by atoms with Crippen LogP contribution in [0.2, 0.25) is 0 Å². The monoisotopic (exact) mass is 548 g/mol. The Bertz CT molecular complexity index is 1210. The van der Waals surface area contributed by atoms with Gasteiger partial charge < -0.3 is 20.9 Å². The highest BCUT2D eigenvalue weighted by Gasteiger charge is 2.24. The number of nitrogens with zero attached hydrogens (tertiary/aromatic N) is 1. The third-order valence-corrected chi connectivity index (χ3v) is 6.80. The van der Waals surface area contributed by atoms with Crippen LogP contribution in [0.25, 0.3) is 6.08 Å². The lowest BCUT2D eigenvalue weighted by atomic mass is 10.00.